The van der Waals surface area contributed by atoms with Crippen LogP contribution in [-0.4, -0.2) is 9.91 Å². The molecule has 0 atom stereocenters. The molecule has 98 valence electrons. The van der Waals surface area contributed by atoms with Gasteiger partial charge in [0.15, 0.2) is 11.6 Å². The Morgan fingerprint density at radius 3 is 2.79 bits per heavy atom. The number of halogens is 2. The molecule has 0 saturated heterocycles. The lowest BCUT2D eigenvalue weighted by molar-refractivity contribution is -0.386. The Balaban J connectivity index is 2.45. The van der Waals surface area contributed by atoms with E-state index in [9.17, 15) is 14.5 Å². The number of anilines is 1. The predicted molar refractivity (Wildman–Crippen MR) is 69.5 cm³/mol. The molecule has 0 fully saturated rings. The monoisotopic (exact) mass is 327 g/mol. The number of nitrogen functional groups attached to an aromatic ring is 1. The van der Waals surface area contributed by atoms with Gasteiger partial charge in [-0.25, -0.2) is 4.39 Å². The van der Waals surface area contributed by atoms with Crippen molar-refractivity contribution >= 4 is 27.4 Å². The summed E-state index contributed by atoms with van der Waals surface area (Å²) in [6, 6.07) is 6.39. The van der Waals surface area contributed by atoms with Crippen LogP contribution >= 0.6 is 15.9 Å². The lowest BCUT2D eigenvalue weighted by Crippen LogP contribution is -1.99. The number of aromatic nitrogens is 1. The van der Waals surface area contributed by atoms with Crippen LogP contribution in [0, 0.1) is 15.9 Å². The summed E-state index contributed by atoms with van der Waals surface area (Å²) in [5.41, 5.74) is 5.04. The van der Waals surface area contributed by atoms with Crippen LogP contribution in [0.2, 0.25) is 0 Å². The molecule has 0 aliphatic carbocycles. The van der Waals surface area contributed by atoms with Crippen LogP contribution in [0.4, 0.5) is 15.9 Å². The second-order valence-electron chi connectivity index (χ2n) is 3.49. The normalized spacial score (nSPS) is 10.2. The van der Waals surface area contributed by atoms with E-state index in [0.29, 0.717) is 4.47 Å². The van der Waals surface area contributed by atoms with Crippen molar-refractivity contribution in [3.8, 4) is 11.6 Å². The van der Waals surface area contributed by atoms with Crippen LogP contribution in [-0.2, 0) is 0 Å². The molecule has 8 heteroatoms. The maximum atomic E-state index is 13.5. The van der Waals surface area contributed by atoms with Crippen LogP contribution in [0.3, 0.4) is 0 Å². The van der Waals surface area contributed by atoms with Gasteiger partial charge < -0.3 is 10.5 Å². The minimum Gasteiger partial charge on any atom is -0.430 e. The molecule has 1 heterocycles. The maximum Gasteiger partial charge on any atom is 0.331 e. The molecule has 0 bridgehead atoms. The number of nitrogens with two attached hydrogens (primary N) is 1. The van der Waals surface area contributed by atoms with Crippen molar-refractivity contribution in [3.63, 3.8) is 0 Å². The van der Waals surface area contributed by atoms with Gasteiger partial charge in [0.05, 0.1) is 4.92 Å². The van der Waals surface area contributed by atoms with Gasteiger partial charge in [0.2, 0.25) is 0 Å². The van der Waals surface area contributed by atoms with Gasteiger partial charge in [-0.2, -0.15) is 4.98 Å². The Kier molecular flexibility index (Phi) is 3.61. The Labute approximate surface area is 115 Å². The minimum atomic E-state index is -0.683. The van der Waals surface area contributed by atoms with Crippen LogP contribution in [0.1, 0.15) is 0 Å². The van der Waals surface area contributed by atoms with Crippen molar-refractivity contribution in [1.82, 2.24) is 4.98 Å². The fourth-order valence-corrected chi connectivity index (χ4v) is 1.66. The average molecular weight is 328 g/mol. The van der Waals surface area contributed by atoms with Gasteiger partial charge in [0, 0.05) is 10.5 Å². The van der Waals surface area contributed by atoms with E-state index < -0.39 is 16.4 Å². The van der Waals surface area contributed by atoms with Crippen molar-refractivity contribution in [2.75, 3.05) is 5.73 Å². The molecule has 0 saturated carbocycles. The van der Waals surface area contributed by atoms with Crippen LogP contribution < -0.4 is 10.5 Å². The molecule has 0 spiro atoms. The van der Waals surface area contributed by atoms with Gasteiger partial charge in [0.1, 0.15) is 5.82 Å². The molecule has 0 radical (unpaired) electrons. The lowest BCUT2D eigenvalue weighted by Gasteiger charge is -2.07. The number of pyridine rings is 1. The highest BCUT2D eigenvalue weighted by Gasteiger charge is 2.19. The van der Waals surface area contributed by atoms with Crippen molar-refractivity contribution in [2.24, 2.45) is 0 Å². The molecule has 0 aliphatic rings. The van der Waals surface area contributed by atoms with E-state index in [1.54, 1.807) is 0 Å². The van der Waals surface area contributed by atoms with Gasteiger partial charge in [-0.1, -0.05) is 15.9 Å². The third kappa shape index (κ3) is 2.97. The molecule has 0 aliphatic heterocycles. The Morgan fingerprint density at radius 1 is 1.37 bits per heavy atom. The molecular weight excluding hydrogens is 321 g/mol. The summed E-state index contributed by atoms with van der Waals surface area (Å²) in [4.78, 5) is 13.8. The maximum absolute atomic E-state index is 13.5. The van der Waals surface area contributed by atoms with Crippen LogP contribution in [0.15, 0.2) is 34.8 Å². The Morgan fingerprint density at radius 2 is 2.11 bits per heavy atom. The fraction of sp³-hybridized carbons (Fsp3) is 0. The van der Waals surface area contributed by atoms with Gasteiger partial charge in [0.25, 0.3) is 0 Å². The third-order valence-electron chi connectivity index (χ3n) is 2.16. The molecule has 2 N–H and O–H groups in total. The van der Waals surface area contributed by atoms with Gasteiger partial charge in [-0.05, 0) is 24.3 Å². The number of rotatable bonds is 3. The van der Waals surface area contributed by atoms with Crippen molar-refractivity contribution in [1.29, 1.82) is 0 Å². The predicted octanol–water partition coefficient (Wildman–Crippen LogP) is 3.27. The summed E-state index contributed by atoms with van der Waals surface area (Å²) >= 11 is 3.15. The lowest BCUT2D eigenvalue weighted by atomic mass is 10.3. The van der Waals surface area contributed by atoms with E-state index in [4.69, 9.17) is 10.5 Å². The summed E-state index contributed by atoms with van der Waals surface area (Å²) in [6.07, 6.45) is 0. The molecule has 6 nitrogen and oxygen atoms in total. The quantitative estimate of drug-likeness (QED) is 0.690. The second-order valence-corrected chi connectivity index (χ2v) is 4.41. The van der Waals surface area contributed by atoms with Gasteiger partial charge in [-0.3, -0.25) is 10.1 Å². The highest BCUT2D eigenvalue weighted by Crippen LogP contribution is 2.32. The van der Waals surface area contributed by atoms with Crippen LogP contribution in [0.25, 0.3) is 0 Å². The SMILES string of the molecule is Nc1ccc([N+](=O)[O-])c(Oc2cc(Br)ccc2F)n1. The average Bonchev–Trinajstić information content (AvgIpc) is 2.33. The highest BCUT2D eigenvalue weighted by atomic mass is 79.9. The standard InChI is InChI=1S/C11H7BrFN3O3/c12-6-1-2-7(13)9(5-6)19-11-8(16(17)18)3-4-10(14)15-11/h1-5H,(H2,14,15). The number of nitrogens with zero attached hydrogens (tertiary/aromatic N) is 2. The summed E-state index contributed by atoms with van der Waals surface area (Å²) in [5.74, 6) is -1.17. The number of benzene rings is 1. The number of hydrogen-bond donors (Lipinski definition) is 1. The summed E-state index contributed by atoms with van der Waals surface area (Å²) in [7, 11) is 0. The molecule has 19 heavy (non-hydrogen) atoms. The minimum absolute atomic E-state index is 0.0380. The second kappa shape index (κ2) is 5.19. The van der Waals surface area contributed by atoms with E-state index in [0.717, 1.165) is 12.1 Å². The topological polar surface area (TPSA) is 91.3 Å². The van der Waals surface area contributed by atoms with E-state index in [-0.39, 0.29) is 17.4 Å². The molecule has 2 rings (SSSR count). The van der Waals surface area contributed by atoms with Gasteiger partial charge in [-0.15, -0.1) is 0 Å². The van der Waals surface area contributed by atoms with E-state index in [2.05, 4.69) is 20.9 Å². The van der Waals surface area contributed by atoms with E-state index in [1.807, 2.05) is 0 Å². The number of hydrogen-bond acceptors (Lipinski definition) is 5. The Bertz CT molecular complexity index is 651. The zero-order valence-electron chi connectivity index (χ0n) is 9.34. The molecular formula is C11H7BrFN3O3. The summed E-state index contributed by atoms with van der Waals surface area (Å²) in [5, 5.41) is 10.8. The molecule has 1 aromatic heterocycles. The summed E-state index contributed by atoms with van der Waals surface area (Å²) < 4.78 is 19.2. The zero-order valence-corrected chi connectivity index (χ0v) is 10.9. The Hall–Kier alpha value is -2.22. The van der Waals surface area contributed by atoms with Gasteiger partial charge >= 0.3 is 11.6 Å². The first-order valence-electron chi connectivity index (χ1n) is 5.01. The first kappa shape index (κ1) is 13.2. The highest BCUT2D eigenvalue weighted by molar-refractivity contribution is 9.10. The smallest absolute Gasteiger partial charge is 0.331 e. The third-order valence-corrected chi connectivity index (χ3v) is 2.65. The van der Waals surface area contributed by atoms with Crippen molar-refractivity contribution in [3.05, 3.63) is 50.7 Å². The van der Waals surface area contributed by atoms with E-state index >= 15 is 0 Å². The van der Waals surface area contributed by atoms with Crippen molar-refractivity contribution in [2.45, 2.75) is 0 Å². The molecule has 0 unspecified atom stereocenters. The fourth-order valence-electron chi connectivity index (χ4n) is 1.32. The molecule has 2 aromatic rings. The molecule has 1 aromatic carbocycles. The largest absolute Gasteiger partial charge is 0.430 e. The molecule has 0 amide bonds. The first-order valence-corrected chi connectivity index (χ1v) is 5.80. The summed E-state index contributed by atoms with van der Waals surface area (Å²) in [6.45, 7) is 0. The zero-order chi connectivity index (χ0) is 14.0. The number of nitro groups is 1. The van der Waals surface area contributed by atoms with Crippen LogP contribution in [0.5, 0.6) is 11.6 Å². The van der Waals surface area contributed by atoms with E-state index in [1.165, 1.54) is 18.2 Å². The first-order chi connectivity index (χ1) is 8.97. The van der Waals surface area contributed by atoms with Crippen molar-refractivity contribution < 1.29 is 14.1 Å². The number of ether oxygens (including phenoxy) is 1.